The molecule has 2 N–H and O–H groups in total. The van der Waals surface area contributed by atoms with Crippen molar-refractivity contribution in [2.75, 3.05) is 24.2 Å². The van der Waals surface area contributed by atoms with Crippen LogP contribution in [0.1, 0.15) is 24.2 Å². The number of anilines is 2. The maximum absolute atomic E-state index is 12.7. The number of rotatable bonds is 8. The molecule has 3 rings (SSSR count). The van der Waals surface area contributed by atoms with Gasteiger partial charge in [-0.15, -0.1) is 11.3 Å². The van der Waals surface area contributed by atoms with Gasteiger partial charge in [0.05, 0.1) is 17.1 Å². The van der Waals surface area contributed by atoms with Gasteiger partial charge in [-0.3, -0.25) is 14.4 Å². The number of carbonyl (C=O) groups excluding carboxylic acids is 3. The van der Waals surface area contributed by atoms with Gasteiger partial charge in [0, 0.05) is 36.2 Å². The van der Waals surface area contributed by atoms with Gasteiger partial charge in [0.15, 0.2) is 10.9 Å². The molecule has 0 fully saturated rings. The monoisotopic (exact) mass is 486 g/mol. The first-order chi connectivity index (χ1) is 15.6. The van der Waals surface area contributed by atoms with Crippen molar-refractivity contribution < 1.29 is 22.8 Å². The molecule has 9 nitrogen and oxygen atoms in total. The van der Waals surface area contributed by atoms with Crippen LogP contribution >= 0.6 is 11.3 Å². The highest BCUT2D eigenvalue weighted by Gasteiger charge is 2.23. The second-order valence-corrected chi connectivity index (χ2v) is 10.1. The largest absolute Gasteiger partial charge is 0.326 e. The fourth-order valence-electron chi connectivity index (χ4n) is 2.88. The van der Waals surface area contributed by atoms with E-state index in [-0.39, 0.29) is 16.6 Å². The van der Waals surface area contributed by atoms with Crippen LogP contribution in [0.15, 0.2) is 58.8 Å². The molecule has 3 aromatic rings. The normalized spacial score (nSPS) is 11.3. The summed E-state index contributed by atoms with van der Waals surface area (Å²) in [5.74, 6) is -0.872. The second-order valence-electron chi connectivity index (χ2n) is 7.19. The highest BCUT2D eigenvalue weighted by atomic mass is 32.2. The molecule has 0 aliphatic heterocycles. The quantitative estimate of drug-likeness (QED) is 0.471. The molecule has 2 amide bonds. The van der Waals surface area contributed by atoms with Gasteiger partial charge < -0.3 is 10.6 Å². The van der Waals surface area contributed by atoms with Gasteiger partial charge in [-0.1, -0.05) is 24.3 Å². The fourth-order valence-corrected chi connectivity index (χ4v) is 4.74. The summed E-state index contributed by atoms with van der Waals surface area (Å²) in [5.41, 5.74) is 2.50. The number of nitrogens with zero attached hydrogens (tertiary/aromatic N) is 2. The molecule has 0 saturated carbocycles. The van der Waals surface area contributed by atoms with Gasteiger partial charge in [-0.2, -0.15) is 4.31 Å². The Hall–Kier alpha value is -3.41. The zero-order valence-electron chi connectivity index (χ0n) is 18.2. The molecule has 0 saturated heterocycles. The number of amides is 2. The maximum atomic E-state index is 12.7. The zero-order chi connectivity index (χ0) is 24.2. The molecular formula is C22H22N4O5S2. The Morgan fingerprint density at radius 3 is 2.18 bits per heavy atom. The lowest BCUT2D eigenvalue weighted by Crippen LogP contribution is -2.34. The van der Waals surface area contributed by atoms with Crippen molar-refractivity contribution >= 4 is 49.8 Å². The molecule has 1 aromatic heterocycles. The van der Waals surface area contributed by atoms with E-state index in [2.05, 4.69) is 15.6 Å². The van der Waals surface area contributed by atoms with E-state index in [4.69, 9.17) is 0 Å². The van der Waals surface area contributed by atoms with E-state index in [0.29, 0.717) is 22.1 Å². The first kappa shape index (κ1) is 24.2. The Kier molecular flexibility index (Phi) is 7.36. The number of thiazole rings is 1. The van der Waals surface area contributed by atoms with Gasteiger partial charge >= 0.3 is 0 Å². The van der Waals surface area contributed by atoms with Crippen molar-refractivity contribution in [1.82, 2.24) is 9.29 Å². The number of aromatic nitrogens is 1. The second kappa shape index (κ2) is 10.0. The Morgan fingerprint density at radius 1 is 0.970 bits per heavy atom. The number of carbonyl (C=O) groups is 3. The van der Waals surface area contributed by atoms with E-state index in [1.165, 1.54) is 56.5 Å². The van der Waals surface area contributed by atoms with Crippen LogP contribution in [0.5, 0.6) is 0 Å². The summed E-state index contributed by atoms with van der Waals surface area (Å²) < 4.78 is 26.3. The van der Waals surface area contributed by atoms with E-state index in [9.17, 15) is 22.8 Å². The third-order valence-electron chi connectivity index (χ3n) is 4.59. The van der Waals surface area contributed by atoms with E-state index in [1.54, 1.807) is 29.6 Å². The van der Waals surface area contributed by atoms with E-state index in [1.807, 2.05) is 0 Å². The number of hydrogen-bond donors (Lipinski definition) is 2. The lowest BCUT2D eigenvalue weighted by molar-refractivity contribution is -0.116. The number of hydrogen-bond acceptors (Lipinski definition) is 7. The van der Waals surface area contributed by atoms with Crippen LogP contribution in [0.4, 0.5) is 10.8 Å². The average Bonchev–Trinajstić information content (AvgIpc) is 3.22. The first-order valence-electron chi connectivity index (χ1n) is 9.77. The van der Waals surface area contributed by atoms with E-state index < -0.39 is 22.5 Å². The summed E-state index contributed by atoms with van der Waals surface area (Å²) in [7, 11) is -2.60. The van der Waals surface area contributed by atoms with Crippen molar-refractivity contribution in [2.24, 2.45) is 0 Å². The zero-order valence-corrected chi connectivity index (χ0v) is 19.8. The molecule has 172 valence electrons. The number of sulfonamides is 1. The van der Waals surface area contributed by atoms with Gasteiger partial charge in [-0.25, -0.2) is 13.4 Å². The van der Waals surface area contributed by atoms with Crippen LogP contribution in [0.3, 0.4) is 0 Å². The maximum Gasteiger partial charge on any atom is 0.243 e. The third kappa shape index (κ3) is 6.09. The average molecular weight is 487 g/mol. The fraction of sp³-hybridized carbons (Fsp3) is 0.182. The van der Waals surface area contributed by atoms with Gasteiger partial charge in [0.25, 0.3) is 0 Å². The van der Waals surface area contributed by atoms with Gasteiger partial charge in [-0.05, 0) is 31.2 Å². The minimum absolute atomic E-state index is 0.0120. The Balaban J connectivity index is 1.63. The first-order valence-corrected chi connectivity index (χ1v) is 12.1. The van der Waals surface area contributed by atoms with Crippen molar-refractivity contribution in [1.29, 1.82) is 0 Å². The molecular weight excluding hydrogens is 464 g/mol. The molecule has 0 aliphatic carbocycles. The molecule has 2 aromatic carbocycles. The Labute approximate surface area is 195 Å². The molecule has 0 bridgehead atoms. The minimum Gasteiger partial charge on any atom is -0.326 e. The van der Waals surface area contributed by atoms with Crippen LogP contribution in [-0.2, 0) is 19.6 Å². The number of Topliss-reactive ketones (excluding diaryl/α,β-unsaturated/α-hetero) is 1. The summed E-state index contributed by atoms with van der Waals surface area (Å²) in [6.07, 6.45) is 0. The third-order valence-corrected chi connectivity index (χ3v) is 7.16. The van der Waals surface area contributed by atoms with Crippen LogP contribution in [0.2, 0.25) is 0 Å². The molecule has 0 unspecified atom stereocenters. The van der Waals surface area contributed by atoms with Crippen molar-refractivity contribution in [3.05, 3.63) is 59.5 Å². The predicted octanol–water partition coefficient (Wildman–Crippen LogP) is 3.23. The molecule has 0 atom stereocenters. The standard InChI is InChI=1S/C22H22N4O5S2/c1-14(27)16-6-10-19(11-7-16)33(30,31)26(3)12-21(29)25-22-24-20(13-32-22)17-4-8-18(9-5-17)23-15(2)28/h4-11,13H,12H2,1-3H3,(H,23,28)(H,24,25,29). The Bertz CT molecular complexity index is 1280. The lowest BCUT2D eigenvalue weighted by atomic mass is 10.1. The molecule has 1 heterocycles. The van der Waals surface area contributed by atoms with Gasteiger partial charge in [0.1, 0.15) is 0 Å². The summed E-state index contributed by atoms with van der Waals surface area (Å²) in [5, 5.41) is 7.39. The smallest absolute Gasteiger partial charge is 0.243 e. The lowest BCUT2D eigenvalue weighted by Gasteiger charge is -2.16. The highest BCUT2D eigenvalue weighted by Crippen LogP contribution is 2.26. The topological polar surface area (TPSA) is 126 Å². The number of likely N-dealkylation sites (N-methyl/N-ethyl adjacent to an activating group) is 1. The predicted molar refractivity (Wildman–Crippen MR) is 127 cm³/mol. The summed E-state index contributed by atoms with van der Waals surface area (Å²) >= 11 is 1.21. The van der Waals surface area contributed by atoms with E-state index >= 15 is 0 Å². The van der Waals surface area contributed by atoms with Crippen molar-refractivity contribution in [3.63, 3.8) is 0 Å². The van der Waals surface area contributed by atoms with Crippen LogP contribution in [0, 0.1) is 0 Å². The van der Waals surface area contributed by atoms with Gasteiger partial charge in [0.2, 0.25) is 21.8 Å². The van der Waals surface area contributed by atoms with Crippen molar-refractivity contribution in [3.8, 4) is 11.3 Å². The van der Waals surface area contributed by atoms with Crippen LogP contribution in [-0.4, -0.2) is 48.9 Å². The van der Waals surface area contributed by atoms with Crippen LogP contribution in [0.25, 0.3) is 11.3 Å². The number of benzene rings is 2. The number of ketones is 1. The SMILES string of the molecule is CC(=O)Nc1ccc(-c2csc(NC(=O)CN(C)S(=O)(=O)c3ccc(C(C)=O)cc3)n2)cc1. The summed E-state index contributed by atoms with van der Waals surface area (Å²) in [6.45, 7) is 2.41. The molecule has 0 aliphatic rings. The summed E-state index contributed by atoms with van der Waals surface area (Å²) in [4.78, 5) is 39.2. The molecule has 33 heavy (non-hydrogen) atoms. The van der Waals surface area contributed by atoms with Crippen LogP contribution < -0.4 is 10.6 Å². The highest BCUT2D eigenvalue weighted by molar-refractivity contribution is 7.89. The molecule has 0 spiro atoms. The summed E-state index contributed by atoms with van der Waals surface area (Å²) in [6, 6.07) is 12.6. The van der Waals surface area contributed by atoms with E-state index in [0.717, 1.165) is 9.87 Å². The van der Waals surface area contributed by atoms with Crippen molar-refractivity contribution in [2.45, 2.75) is 18.7 Å². The molecule has 0 radical (unpaired) electrons. The molecule has 11 heteroatoms. The Morgan fingerprint density at radius 2 is 1.61 bits per heavy atom. The minimum atomic E-state index is -3.91. The number of nitrogens with one attached hydrogen (secondary N) is 2.